The van der Waals surface area contributed by atoms with Crippen molar-refractivity contribution in [2.24, 2.45) is 10.9 Å². The Labute approximate surface area is 189 Å². The maximum Gasteiger partial charge on any atom is 0.203 e. The van der Waals surface area contributed by atoms with Crippen molar-refractivity contribution in [2.45, 2.75) is 18.4 Å². The summed E-state index contributed by atoms with van der Waals surface area (Å²) >= 11 is 1.80. The van der Waals surface area contributed by atoms with E-state index in [1.54, 1.807) is 47.2 Å². The summed E-state index contributed by atoms with van der Waals surface area (Å²) in [6.45, 7) is 3.58. The van der Waals surface area contributed by atoms with Crippen LogP contribution >= 0.6 is 11.8 Å². The normalized spacial score (nSPS) is 12.1. The number of hydrogen-bond donors (Lipinski definition) is 2. The largest absolute Gasteiger partial charge is 0.496 e. The number of para-hydroxylation sites is 1. The number of methoxy groups -OCH3 is 4. The van der Waals surface area contributed by atoms with Crippen LogP contribution in [-0.4, -0.2) is 53.7 Å². The highest BCUT2D eigenvalue weighted by atomic mass is 32.2. The number of guanidine groups is 1. The minimum Gasteiger partial charge on any atom is -0.496 e. The first-order valence-electron chi connectivity index (χ1n) is 10.0. The van der Waals surface area contributed by atoms with Crippen LogP contribution in [0.2, 0.25) is 0 Å². The summed E-state index contributed by atoms with van der Waals surface area (Å²) in [6.07, 6.45) is 0. The number of benzene rings is 2. The van der Waals surface area contributed by atoms with Gasteiger partial charge in [-0.05, 0) is 35.7 Å². The van der Waals surface area contributed by atoms with E-state index in [-0.39, 0.29) is 0 Å². The maximum absolute atomic E-state index is 5.42. The summed E-state index contributed by atoms with van der Waals surface area (Å²) in [4.78, 5) is 5.47. The lowest BCUT2D eigenvalue weighted by Gasteiger charge is -2.18. The van der Waals surface area contributed by atoms with E-state index < -0.39 is 0 Å². The van der Waals surface area contributed by atoms with Gasteiger partial charge < -0.3 is 29.6 Å². The highest BCUT2D eigenvalue weighted by Gasteiger charge is 2.13. The lowest BCUT2D eigenvalue weighted by molar-refractivity contribution is 0.323. The molecule has 0 spiro atoms. The molecule has 0 bridgehead atoms. The first-order chi connectivity index (χ1) is 15.1. The summed E-state index contributed by atoms with van der Waals surface area (Å²) < 4.78 is 21.6. The molecule has 2 aromatic rings. The second-order valence-electron chi connectivity index (χ2n) is 6.91. The molecule has 170 valence electrons. The Morgan fingerprint density at radius 1 is 0.935 bits per heavy atom. The number of thioether (sulfide) groups is 1. The highest BCUT2D eigenvalue weighted by molar-refractivity contribution is 7.99. The van der Waals surface area contributed by atoms with Gasteiger partial charge in [0.05, 0.1) is 28.4 Å². The molecule has 0 fully saturated rings. The molecule has 7 nitrogen and oxygen atoms in total. The minimum atomic E-state index is 0.439. The average molecular weight is 448 g/mol. The molecule has 2 rings (SSSR count). The van der Waals surface area contributed by atoms with E-state index >= 15 is 0 Å². The van der Waals surface area contributed by atoms with Gasteiger partial charge in [0, 0.05) is 30.8 Å². The number of rotatable bonds is 11. The molecular formula is C23H33N3O4S. The number of ether oxygens (including phenoxy) is 4. The fourth-order valence-electron chi connectivity index (χ4n) is 2.94. The van der Waals surface area contributed by atoms with Gasteiger partial charge in [-0.1, -0.05) is 19.1 Å². The van der Waals surface area contributed by atoms with Crippen LogP contribution in [0.5, 0.6) is 23.0 Å². The van der Waals surface area contributed by atoms with E-state index in [0.29, 0.717) is 29.7 Å². The van der Waals surface area contributed by atoms with E-state index in [9.17, 15) is 0 Å². The van der Waals surface area contributed by atoms with Crippen LogP contribution < -0.4 is 29.6 Å². The Morgan fingerprint density at radius 2 is 1.58 bits per heavy atom. The third-order valence-electron chi connectivity index (χ3n) is 4.62. The van der Waals surface area contributed by atoms with Crippen molar-refractivity contribution in [1.82, 2.24) is 10.6 Å². The maximum atomic E-state index is 5.42. The zero-order chi connectivity index (χ0) is 22.6. The van der Waals surface area contributed by atoms with Crippen LogP contribution in [0, 0.1) is 5.92 Å². The summed E-state index contributed by atoms with van der Waals surface area (Å²) in [7, 11) is 8.28. The predicted molar refractivity (Wildman–Crippen MR) is 127 cm³/mol. The van der Waals surface area contributed by atoms with Crippen LogP contribution in [0.3, 0.4) is 0 Å². The lowest BCUT2D eigenvalue weighted by atomic mass is 10.2. The van der Waals surface area contributed by atoms with Crippen LogP contribution in [0.1, 0.15) is 12.5 Å². The molecule has 31 heavy (non-hydrogen) atoms. The Kier molecular flexibility index (Phi) is 10.2. The summed E-state index contributed by atoms with van der Waals surface area (Å²) in [5.74, 6) is 4.90. The molecule has 1 unspecified atom stereocenters. The van der Waals surface area contributed by atoms with Gasteiger partial charge in [-0.3, -0.25) is 4.99 Å². The van der Waals surface area contributed by atoms with Crippen molar-refractivity contribution in [3.63, 3.8) is 0 Å². The Hall–Kier alpha value is -2.74. The molecule has 0 saturated carbocycles. The van der Waals surface area contributed by atoms with Gasteiger partial charge in [-0.25, -0.2) is 0 Å². The van der Waals surface area contributed by atoms with Crippen molar-refractivity contribution in [3.8, 4) is 23.0 Å². The molecule has 2 N–H and O–H groups in total. The van der Waals surface area contributed by atoms with E-state index in [4.69, 9.17) is 18.9 Å². The van der Waals surface area contributed by atoms with E-state index in [1.165, 1.54) is 0 Å². The smallest absolute Gasteiger partial charge is 0.203 e. The molecule has 0 aromatic heterocycles. The molecule has 0 radical (unpaired) electrons. The summed E-state index contributed by atoms with van der Waals surface area (Å²) in [6, 6.07) is 11.9. The highest BCUT2D eigenvalue weighted by Crippen LogP contribution is 2.38. The molecule has 0 aliphatic rings. The second kappa shape index (κ2) is 12.8. The summed E-state index contributed by atoms with van der Waals surface area (Å²) in [5, 5.41) is 6.72. The van der Waals surface area contributed by atoms with Crippen LogP contribution in [0.25, 0.3) is 0 Å². The Balaban J connectivity index is 1.87. The number of nitrogens with zero attached hydrogens (tertiary/aromatic N) is 1. The first-order valence-corrected chi connectivity index (χ1v) is 11.0. The molecular weight excluding hydrogens is 414 g/mol. The topological polar surface area (TPSA) is 73.3 Å². The van der Waals surface area contributed by atoms with Crippen molar-refractivity contribution in [2.75, 3.05) is 47.8 Å². The number of hydrogen-bond acceptors (Lipinski definition) is 6. The zero-order valence-electron chi connectivity index (χ0n) is 19.2. The predicted octanol–water partition coefficient (Wildman–Crippen LogP) is 3.81. The molecule has 0 saturated heterocycles. The van der Waals surface area contributed by atoms with Crippen LogP contribution in [0.15, 0.2) is 46.3 Å². The van der Waals surface area contributed by atoms with E-state index in [0.717, 1.165) is 34.5 Å². The number of nitrogens with one attached hydrogen (secondary N) is 2. The van der Waals surface area contributed by atoms with Crippen molar-refractivity contribution in [3.05, 3.63) is 42.0 Å². The van der Waals surface area contributed by atoms with Gasteiger partial charge in [0.25, 0.3) is 0 Å². The minimum absolute atomic E-state index is 0.439. The van der Waals surface area contributed by atoms with Crippen molar-refractivity contribution in [1.29, 1.82) is 0 Å². The Morgan fingerprint density at radius 3 is 2.16 bits per heavy atom. The average Bonchev–Trinajstić information content (AvgIpc) is 2.82. The fraction of sp³-hybridized carbons (Fsp3) is 0.435. The molecule has 8 heteroatoms. The molecule has 2 aromatic carbocycles. The van der Waals surface area contributed by atoms with Crippen molar-refractivity contribution >= 4 is 17.7 Å². The van der Waals surface area contributed by atoms with Gasteiger partial charge in [-0.2, -0.15) is 0 Å². The van der Waals surface area contributed by atoms with E-state index in [1.807, 2.05) is 30.3 Å². The molecule has 0 heterocycles. The number of aliphatic imine (C=N–C) groups is 1. The van der Waals surface area contributed by atoms with Crippen molar-refractivity contribution < 1.29 is 18.9 Å². The molecule has 0 aliphatic heterocycles. The summed E-state index contributed by atoms with van der Waals surface area (Å²) in [5.41, 5.74) is 0.997. The van der Waals surface area contributed by atoms with Gasteiger partial charge in [-0.15, -0.1) is 11.8 Å². The molecule has 0 aliphatic carbocycles. The van der Waals surface area contributed by atoms with Gasteiger partial charge in [0.15, 0.2) is 17.5 Å². The van der Waals surface area contributed by atoms with Crippen LogP contribution in [-0.2, 0) is 6.54 Å². The van der Waals surface area contributed by atoms with Gasteiger partial charge in [0.1, 0.15) is 5.75 Å². The fourth-order valence-corrected chi connectivity index (χ4v) is 3.99. The van der Waals surface area contributed by atoms with Crippen LogP contribution in [0.4, 0.5) is 0 Å². The molecule has 0 amide bonds. The Bertz CT molecular complexity index is 835. The standard InChI is InChI=1S/C23H33N3O4S/c1-16(15-31-21-10-8-7-9-18(21)27-3)13-25-23(24-2)26-14-17-11-19(28-4)22(30-6)20(12-17)29-5/h7-12,16H,13-15H2,1-6H3,(H2,24,25,26). The SMILES string of the molecule is CN=C(NCc1cc(OC)c(OC)c(OC)c1)NCC(C)CSc1ccccc1OC. The monoisotopic (exact) mass is 447 g/mol. The second-order valence-corrected chi connectivity index (χ2v) is 7.97. The van der Waals surface area contributed by atoms with E-state index in [2.05, 4.69) is 28.6 Å². The third-order valence-corrected chi connectivity index (χ3v) is 6.00. The quantitative estimate of drug-likeness (QED) is 0.308. The third kappa shape index (κ3) is 7.17. The van der Waals surface area contributed by atoms with Gasteiger partial charge >= 0.3 is 0 Å². The first kappa shape index (κ1) is 24.5. The zero-order valence-corrected chi connectivity index (χ0v) is 20.0. The molecule has 1 atom stereocenters. The lowest BCUT2D eigenvalue weighted by Crippen LogP contribution is -2.39. The van der Waals surface area contributed by atoms with Gasteiger partial charge in [0.2, 0.25) is 5.75 Å².